The number of aromatic nitrogens is 1. The number of likely N-dealkylation sites (N-methyl/N-ethyl adjacent to an activating group) is 1. The molecule has 1 aromatic carbocycles. The molecule has 3 heteroatoms. The maximum atomic E-state index is 5.90. The van der Waals surface area contributed by atoms with Gasteiger partial charge in [-0.1, -0.05) is 36.4 Å². The van der Waals surface area contributed by atoms with Gasteiger partial charge in [-0.05, 0) is 25.1 Å². The van der Waals surface area contributed by atoms with E-state index in [0.29, 0.717) is 5.82 Å². The SMILES string of the molecule is CNC(Cc1ccccc1)c1cccnc1N. The minimum absolute atomic E-state index is 0.200. The fourth-order valence-electron chi connectivity index (χ4n) is 1.94. The zero-order valence-electron chi connectivity index (χ0n) is 9.93. The molecule has 17 heavy (non-hydrogen) atoms. The van der Waals surface area contributed by atoms with Crippen molar-refractivity contribution < 1.29 is 0 Å². The Morgan fingerprint density at radius 1 is 1.18 bits per heavy atom. The van der Waals surface area contributed by atoms with Crippen LogP contribution in [0.4, 0.5) is 5.82 Å². The van der Waals surface area contributed by atoms with E-state index >= 15 is 0 Å². The molecule has 0 spiro atoms. The predicted octanol–water partition coefficient (Wildman–Crippen LogP) is 2.17. The lowest BCUT2D eigenvalue weighted by Crippen LogP contribution is -2.20. The number of pyridine rings is 1. The van der Waals surface area contributed by atoms with Crippen LogP contribution in [-0.2, 0) is 6.42 Å². The fourth-order valence-corrected chi connectivity index (χ4v) is 1.94. The van der Waals surface area contributed by atoms with Crippen molar-refractivity contribution in [2.45, 2.75) is 12.5 Å². The summed E-state index contributed by atoms with van der Waals surface area (Å²) in [7, 11) is 1.94. The molecule has 3 nitrogen and oxygen atoms in total. The van der Waals surface area contributed by atoms with E-state index in [2.05, 4.69) is 34.6 Å². The Morgan fingerprint density at radius 3 is 2.59 bits per heavy atom. The summed E-state index contributed by atoms with van der Waals surface area (Å²) in [6.45, 7) is 0. The number of nitrogens with two attached hydrogens (primary N) is 1. The van der Waals surface area contributed by atoms with Crippen LogP contribution in [0.1, 0.15) is 17.2 Å². The van der Waals surface area contributed by atoms with Crippen LogP contribution in [0.25, 0.3) is 0 Å². The Balaban J connectivity index is 2.21. The third-order valence-electron chi connectivity index (χ3n) is 2.88. The Labute approximate surface area is 102 Å². The lowest BCUT2D eigenvalue weighted by atomic mass is 9.99. The number of hydrogen-bond acceptors (Lipinski definition) is 3. The third kappa shape index (κ3) is 2.82. The van der Waals surface area contributed by atoms with Crippen molar-refractivity contribution in [3.8, 4) is 0 Å². The Hall–Kier alpha value is -1.87. The van der Waals surface area contributed by atoms with Crippen LogP contribution in [0, 0.1) is 0 Å². The maximum absolute atomic E-state index is 5.90. The van der Waals surface area contributed by atoms with Crippen LogP contribution >= 0.6 is 0 Å². The van der Waals surface area contributed by atoms with E-state index in [4.69, 9.17) is 5.73 Å². The number of hydrogen-bond donors (Lipinski definition) is 2. The molecular weight excluding hydrogens is 210 g/mol. The molecule has 0 aliphatic heterocycles. The van der Waals surface area contributed by atoms with Crippen molar-refractivity contribution in [2.75, 3.05) is 12.8 Å². The minimum atomic E-state index is 0.200. The number of rotatable bonds is 4. The van der Waals surface area contributed by atoms with Gasteiger partial charge in [-0.2, -0.15) is 0 Å². The first-order valence-corrected chi connectivity index (χ1v) is 5.73. The standard InChI is InChI=1S/C14H17N3/c1-16-13(10-11-6-3-2-4-7-11)12-8-5-9-17-14(12)15/h2-9,13,16H,10H2,1H3,(H2,15,17). The Morgan fingerprint density at radius 2 is 1.94 bits per heavy atom. The van der Waals surface area contributed by atoms with Gasteiger partial charge in [0.25, 0.3) is 0 Å². The molecule has 3 N–H and O–H groups in total. The molecule has 0 aliphatic rings. The summed E-state index contributed by atoms with van der Waals surface area (Å²) in [4.78, 5) is 4.13. The van der Waals surface area contributed by atoms with E-state index in [0.717, 1.165) is 12.0 Å². The van der Waals surface area contributed by atoms with Crippen LogP contribution in [0.5, 0.6) is 0 Å². The molecule has 1 heterocycles. The van der Waals surface area contributed by atoms with Gasteiger partial charge in [0, 0.05) is 17.8 Å². The highest BCUT2D eigenvalue weighted by atomic mass is 14.9. The van der Waals surface area contributed by atoms with Crippen molar-refractivity contribution >= 4 is 5.82 Å². The zero-order chi connectivity index (χ0) is 12.1. The second kappa shape index (κ2) is 5.46. The molecule has 0 amide bonds. The monoisotopic (exact) mass is 227 g/mol. The van der Waals surface area contributed by atoms with Crippen molar-refractivity contribution in [2.24, 2.45) is 0 Å². The van der Waals surface area contributed by atoms with Crippen LogP contribution in [0.2, 0.25) is 0 Å². The quantitative estimate of drug-likeness (QED) is 0.841. The van der Waals surface area contributed by atoms with Gasteiger partial charge in [-0.15, -0.1) is 0 Å². The van der Waals surface area contributed by atoms with Gasteiger partial charge in [0.2, 0.25) is 0 Å². The number of nitrogens with one attached hydrogen (secondary N) is 1. The Bertz CT molecular complexity index is 468. The fraction of sp³-hybridized carbons (Fsp3) is 0.214. The molecule has 2 aromatic rings. The highest BCUT2D eigenvalue weighted by molar-refractivity contribution is 5.41. The van der Waals surface area contributed by atoms with E-state index in [1.165, 1.54) is 5.56 Å². The van der Waals surface area contributed by atoms with Gasteiger partial charge >= 0.3 is 0 Å². The number of nitrogens with zero attached hydrogens (tertiary/aromatic N) is 1. The second-order valence-electron chi connectivity index (χ2n) is 4.01. The summed E-state index contributed by atoms with van der Waals surface area (Å²) in [5, 5.41) is 3.29. The first-order valence-electron chi connectivity index (χ1n) is 5.73. The van der Waals surface area contributed by atoms with Crippen LogP contribution in [0.3, 0.4) is 0 Å². The van der Waals surface area contributed by atoms with E-state index < -0.39 is 0 Å². The van der Waals surface area contributed by atoms with E-state index in [1.807, 2.05) is 25.2 Å². The maximum Gasteiger partial charge on any atom is 0.128 e. The topological polar surface area (TPSA) is 50.9 Å². The molecule has 0 bridgehead atoms. The van der Waals surface area contributed by atoms with Gasteiger partial charge in [-0.25, -0.2) is 4.98 Å². The van der Waals surface area contributed by atoms with Gasteiger partial charge in [0.1, 0.15) is 5.82 Å². The van der Waals surface area contributed by atoms with Crippen LogP contribution in [-0.4, -0.2) is 12.0 Å². The summed E-state index contributed by atoms with van der Waals surface area (Å²) >= 11 is 0. The normalized spacial score (nSPS) is 12.3. The molecule has 0 saturated carbocycles. The van der Waals surface area contributed by atoms with Crippen molar-refractivity contribution in [1.29, 1.82) is 0 Å². The van der Waals surface area contributed by atoms with E-state index in [-0.39, 0.29) is 6.04 Å². The number of nitrogen functional groups attached to an aromatic ring is 1. The van der Waals surface area contributed by atoms with Crippen molar-refractivity contribution in [3.63, 3.8) is 0 Å². The Kier molecular flexibility index (Phi) is 3.73. The summed E-state index contributed by atoms with van der Waals surface area (Å²) < 4.78 is 0. The molecule has 0 aliphatic carbocycles. The lowest BCUT2D eigenvalue weighted by Gasteiger charge is -2.17. The van der Waals surface area contributed by atoms with Gasteiger partial charge < -0.3 is 11.1 Å². The third-order valence-corrected chi connectivity index (χ3v) is 2.88. The largest absolute Gasteiger partial charge is 0.383 e. The molecule has 0 fully saturated rings. The molecule has 88 valence electrons. The van der Waals surface area contributed by atoms with Gasteiger partial charge in [0.15, 0.2) is 0 Å². The molecular formula is C14H17N3. The van der Waals surface area contributed by atoms with Crippen molar-refractivity contribution in [1.82, 2.24) is 10.3 Å². The van der Waals surface area contributed by atoms with E-state index in [1.54, 1.807) is 6.20 Å². The first kappa shape index (κ1) is 11.6. The van der Waals surface area contributed by atoms with Crippen molar-refractivity contribution in [3.05, 3.63) is 59.8 Å². The van der Waals surface area contributed by atoms with Gasteiger partial charge in [-0.3, -0.25) is 0 Å². The first-order chi connectivity index (χ1) is 8.31. The van der Waals surface area contributed by atoms with Crippen LogP contribution < -0.4 is 11.1 Å². The van der Waals surface area contributed by atoms with Crippen LogP contribution in [0.15, 0.2) is 48.7 Å². The molecule has 0 saturated heterocycles. The molecule has 2 rings (SSSR count). The highest BCUT2D eigenvalue weighted by Crippen LogP contribution is 2.21. The molecule has 1 atom stereocenters. The minimum Gasteiger partial charge on any atom is -0.383 e. The highest BCUT2D eigenvalue weighted by Gasteiger charge is 2.12. The van der Waals surface area contributed by atoms with E-state index in [9.17, 15) is 0 Å². The summed E-state index contributed by atoms with van der Waals surface area (Å²) in [6, 6.07) is 14.5. The average molecular weight is 227 g/mol. The second-order valence-corrected chi connectivity index (χ2v) is 4.01. The smallest absolute Gasteiger partial charge is 0.128 e. The van der Waals surface area contributed by atoms with Gasteiger partial charge in [0.05, 0.1) is 0 Å². The summed E-state index contributed by atoms with van der Waals surface area (Å²) in [5.74, 6) is 0.600. The number of anilines is 1. The molecule has 0 radical (unpaired) electrons. The lowest BCUT2D eigenvalue weighted by molar-refractivity contribution is 0.592. The zero-order valence-corrected chi connectivity index (χ0v) is 9.93. The predicted molar refractivity (Wildman–Crippen MR) is 70.6 cm³/mol. The molecule has 1 unspecified atom stereocenters. The summed E-state index contributed by atoms with van der Waals surface area (Å²) in [5.41, 5.74) is 8.24. The number of benzene rings is 1. The molecule has 1 aromatic heterocycles. The summed E-state index contributed by atoms with van der Waals surface area (Å²) in [6.07, 6.45) is 2.63. The average Bonchev–Trinajstić information content (AvgIpc) is 2.38.